The smallest absolute Gasteiger partial charge is 0.348 e. The zero-order valence-corrected chi connectivity index (χ0v) is 16.7. The molecule has 0 amide bonds. The summed E-state index contributed by atoms with van der Waals surface area (Å²) >= 11 is 2.30. The summed E-state index contributed by atoms with van der Waals surface area (Å²) < 4.78 is 5.18. The number of Topliss-reactive ketones (excluding diaryl/α,β-unsaturated/α-hetero) is 2. The summed E-state index contributed by atoms with van der Waals surface area (Å²) in [6, 6.07) is 2.95. The van der Waals surface area contributed by atoms with Crippen LogP contribution in [0.3, 0.4) is 0 Å². The van der Waals surface area contributed by atoms with E-state index in [4.69, 9.17) is 9.84 Å². The molecule has 0 bridgehead atoms. The minimum Gasteiger partial charge on any atom is -0.477 e. The fourth-order valence-electron chi connectivity index (χ4n) is 1.59. The van der Waals surface area contributed by atoms with Crippen LogP contribution in [0.2, 0.25) is 0 Å². The van der Waals surface area contributed by atoms with Crippen molar-refractivity contribution in [2.24, 2.45) is 0 Å². The third-order valence-corrected chi connectivity index (χ3v) is 4.65. The molecule has 1 N–H and O–H groups in total. The highest BCUT2D eigenvalue weighted by molar-refractivity contribution is 7.12. The highest BCUT2D eigenvalue weighted by Gasteiger charge is 2.19. The number of esters is 1. The van der Waals surface area contributed by atoms with E-state index < -0.39 is 11.6 Å². The monoisotopic (exact) mass is 396 g/mol. The molecule has 2 rings (SSSR count). The molecule has 0 saturated carbocycles. The number of rotatable bonds is 4. The molecule has 0 aliphatic carbocycles. The fourth-order valence-corrected chi connectivity index (χ4v) is 3.19. The van der Waals surface area contributed by atoms with E-state index in [2.05, 4.69) is 0 Å². The van der Waals surface area contributed by atoms with Gasteiger partial charge in [0, 0.05) is 21.9 Å². The molecule has 0 saturated heterocycles. The van der Waals surface area contributed by atoms with Crippen molar-refractivity contribution in [3.63, 3.8) is 0 Å². The number of hydrogen-bond donors (Lipinski definition) is 1. The topological polar surface area (TPSA) is 97.7 Å². The highest BCUT2D eigenvalue weighted by atomic mass is 32.1. The van der Waals surface area contributed by atoms with Crippen LogP contribution in [0.1, 0.15) is 74.7 Å². The van der Waals surface area contributed by atoms with Gasteiger partial charge in [-0.3, -0.25) is 9.59 Å². The second-order valence-corrected chi connectivity index (χ2v) is 8.14. The molecule has 0 unspecified atom stereocenters. The van der Waals surface area contributed by atoms with E-state index >= 15 is 0 Å². The van der Waals surface area contributed by atoms with Gasteiger partial charge in [0.2, 0.25) is 0 Å². The van der Waals surface area contributed by atoms with E-state index in [1.807, 2.05) is 20.8 Å². The summed E-state index contributed by atoms with van der Waals surface area (Å²) in [6.45, 7) is 8.31. The van der Waals surface area contributed by atoms with E-state index in [-0.39, 0.29) is 22.4 Å². The maximum Gasteiger partial charge on any atom is 0.348 e. The van der Waals surface area contributed by atoms with E-state index in [1.54, 1.807) is 16.8 Å². The fraction of sp³-hybridized carbons (Fsp3) is 0.333. The van der Waals surface area contributed by atoms with Crippen molar-refractivity contribution in [2.75, 3.05) is 0 Å². The van der Waals surface area contributed by atoms with Crippen molar-refractivity contribution in [1.29, 1.82) is 0 Å². The Morgan fingerprint density at radius 2 is 1.31 bits per heavy atom. The van der Waals surface area contributed by atoms with Gasteiger partial charge in [-0.15, -0.1) is 22.7 Å². The van der Waals surface area contributed by atoms with E-state index in [0.717, 1.165) is 11.3 Å². The Kier molecular flexibility index (Phi) is 7.41. The SMILES string of the molecule is CC(=O)c1csc(C(=O)O)c1.CC(=O)c1csc(C(=O)OC(C)(C)C)c1. The van der Waals surface area contributed by atoms with Gasteiger partial charge in [-0.25, -0.2) is 9.59 Å². The largest absolute Gasteiger partial charge is 0.477 e. The van der Waals surface area contributed by atoms with Crippen molar-refractivity contribution in [2.45, 2.75) is 40.2 Å². The van der Waals surface area contributed by atoms with Crippen molar-refractivity contribution in [3.05, 3.63) is 43.8 Å². The lowest BCUT2D eigenvalue weighted by molar-refractivity contribution is 0.00749. The summed E-state index contributed by atoms with van der Waals surface area (Å²) in [7, 11) is 0. The molecule has 140 valence electrons. The van der Waals surface area contributed by atoms with E-state index in [9.17, 15) is 19.2 Å². The quantitative estimate of drug-likeness (QED) is 0.601. The molecule has 6 nitrogen and oxygen atoms in total. The average molecular weight is 396 g/mol. The molecule has 26 heavy (non-hydrogen) atoms. The van der Waals surface area contributed by atoms with Crippen molar-refractivity contribution in [1.82, 2.24) is 0 Å². The Bertz CT molecular complexity index is 794. The van der Waals surface area contributed by atoms with Crippen LogP contribution < -0.4 is 0 Å². The summed E-state index contributed by atoms with van der Waals surface area (Å²) in [5.74, 6) is -1.50. The summed E-state index contributed by atoms with van der Waals surface area (Å²) in [6.07, 6.45) is 0. The summed E-state index contributed by atoms with van der Waals surface area (Å²) in [5.41, 5.74) is 0.519. The molecular weight excluding hydrogens is 376 g/mol. The van der Waals surface area contributed by atoms with Crippen LogP contribution in [0.25, 0.3) is 0 Å². The first-order valence-corrected chi connectivity index (χ1v) is 9.32. The first-order chi connectivity index (χ1) is 11.9. The van der Waals surface area contributed by atoms with E-state index in [1.165, 1.54) is 31.3 Å². The van der Waals surface area contributed by atoms with Gasteiger partial charge >= 0.3 is 11.9 Å². The molecule has 0 aliphatic rings. The maximum atomic E-state index is 11.6. The number of thiophene rings is 2. The van der Waals surface area contributed by atoms with Crippen LogP contribution in [0, 0.1) is 0 Å². The molecule has 8 heteroatoms. The predicted octanol–water partition coefficient (Wildman–Crippen LogP) is 4.55. The zero-order chi connectivity index (χ0) is 20.1. The van der Waals surface area contributed by atoms with E-state index in [0.29, 0.717) is 16.0 Å². The minimum absolute atomic E-state index is 0.0407. The number of carbonyl (C=O) groups excluding carboxylic acids is 3. The number of carboxylic acids is 1. The van der Waals surface area contributed by atoms with Gasteiger partial charge in [-0.2, -0.15) is 0 Å². The number of carbonyl (C=O) groups is 4. The lowest BCUT2D eigenvalue weighted by Crippen LogP contribution is -2.23. The summed E-state index contributed by atoms with van der Waals surface area (Å²) in [5, 5.41) is 11.7. The standard InChI is InChI=1S/C11H14O3S.C7H6O3S/c1-7(12)8-5-9(15-6-8)10(13)14-11(2,3)4;1-4(8)5-2-6(7(9)10)11-3-5/h5-6H,1-4H3;2-3H,1H3,(H,9,10). The number of ketones is 2. The third-order valence-electron chi connectivity index (χ3n) is 2.82. The first-order valence-electron chi connectivity index (χ1n) is 7.56. The Morgan fingerprint density at radius 3 is 1.62 bits per heavy atom. The normalized spacial score (nSPS) is 10.5. The van der Waals surface area contributed by atoms with Crippen LogP contribution in [-0.2, 0) is 4.74 Å². The van der Waals surface area contributed by atoms with Gasteiger partial charge in [-0.1, -0.05) is 0 Å². The highest BCUT2D eigenvalue weighted by Crippen LogP contribution is 2.19. The van der Waals surface area contributed by atoms with Gasteiger partial charge < -0.3 is 9.84 Å². The van der Waals surface area contributed by atoms with Gasteiger partial charge in [0.1, 0.15) is 15.4 Å². The molecule has 2 heterocycles. The van der Waals surface area contributed by atoms with Crippen LogP contribution in [0.15, 0.2) is 22.9 Å². The molecular formula is C18H20O6S2. The van der Waals surface area contributed by atoms with Gasteiger partial charge in [0.25, 0.3) is 0 Å². The number of carboxylic acid groups (broad SMARTS) is 1. The van der Waals surface area contributed by atoms with Gasteiger partial charge in [0.15, 0.2) is 11.6 Å². The second kappa shape index (κ2) is 8.86. The van der Waals surface area contributed by atoms with Crippen LogP contribution >= 0.6 is 22.7 Å². The minimum atomic E-state index is -0.984. The first kappa shape index (κ1) is 21.7. The third kappa shape index (κ3) is 6.89. The average Bonchev–Trinajstić information content (AvgIpc) is 3.16. The molecule has 0 fully saturated rings. The number of hydrogen-bond acceptors (Lipinski definition) is 7. The predicted molar refractivity (Wildman–Crippen MR) is 101 cm³/mol. The molecule has 0 atom stereocenters. The molecule has 0 spiro atoms. The lowest BCUT2D eigenvalue weighted by Gasteiger charge is -2.18. The molecule has 2 aromatic heterocycles. The molecule has 0 radical (unpaired) electrons. The Morgan fingerprint density at radius 1 is 0.885 bits per heavy atom. The number of aromatic carboxylic acids is 1. The van der Waals surface area contributed by atoms with Crippen molar-refractivity contribution >= 4 is 46.2 Å². The lowest BCUT2D eigenvalue weighted by atomic mass is 10.2. The Hall–Kier alpha value is -2.32. The number of ether oxygens (including phenoxy) is 1. The second-order valence-electron chi connectivity index (χ2n) is 6.32. The van der Waals surface area contributed by atoms with Crippen LogP contribution in [0.4, 0.5) is 0 Å². The van der Waals surface area contributed by atoms with Crippen molar-refractivity contribution in [3.8, 4) is 0 Å². The maximum absolute atomic E-state index is 11.6. The Balaban J connectivity index is 0.000000273. The van der Waals surface area contributed by atoms with Gasteiger partial charge in [-0.05, 0) is 46.8 Å². The Labute approximate surface area is 159 Å². The molecule has 0 aliphatic heterocycles. The molecule has 0 aromatic carbocycles. The zero-order valence-electron chi connectivity index (χ0n) is 15.1. The van der Waals surface area contributed by atoms with Crippen LogP contribution in [0.5, 0.6) is 0 Å². The van der Waals surface area contributed by atoms with Gasteiger partial charge in [0.05, 0.1) is 0 Å². The van der Waals surface area contributed by atoms with Crippen molar-refractivity contribution < 1.29 is 29.0 Å². The van der Waals surface area contributed by atoms with Crippen LogP contribution in [-0.4, -0.2) is 34.2 Å². The summed E-state index contributed by atoms with van der Waals surface area (Å²) in [4.78, 5) is 44.3. The molecule has 2 aromatic rings.